The maximum atomic E-state index is 10.6. The van der Waals surface area contributed by atoms with Crippen LogP contribution in [0.4, 0.5) is 17.6 Å². The van der Waals surface area contributed by atoms with Gasteiger partial charge in [0, 0.05) is 57.2 Å². The second-order valence-electron chi connectivity index (χ2n) is 6.99. The highest BCUT2D eigenvalue weighted by molar-refractivity contribution is 5.44. The number of aryl methyl sites for hydroxylation is 1. The van der Waals surface area contributed by atoms with Crippen LogP contribution in [0.15, 0.2) is 30.6 Å². The fraction of sp³-hybridized carbons (Fsp3) is 0.500. The van der Waals surface area contributed by atoms with Crippen molar-refractivity contribution in [1.29, 1.82) is 0 Å². The van der Waals surface area contributed by atoms with Gasteiger partial charge in [-0.15, -0.1) is 0 Å². The van der Waals surface area contributed by atoms with E-state index in [1.54, 1.807) is 6.20 Å². The maximum absolute atomic E-state index is 10.6. The molecular formula is C18H25N7O. The van der Waals surface area contributed by atoms with Crippen LogP contribution in [-0.2, 0) is 0 Å². The maximum Gasteiger partial charge on any atom is 0.227 e. The Morgan fingerprint density at radius 2 is 1.88 bits per heavy atom. The molecule has 2 aromatic rings. The third-order valence-electron chi connectivity index (χ3n) is 5.30. The Bertz CT molecular complexity index is 748. The number of nitrogens with two attached hydrogens (primary N) is 1. The lowest BCUT2D eigenvalue weighted by molar-refractivity contribution is 0.0792. The van der Waals surface area contributed by atoms with Crippen molar-refractivity contribution in [2.75, 3.05) is 54.8 Å². The van der Waals surface area contributed by atoms with Crippen LogP contribution in [0.25, 0.3) is 0 Å². The lowest BCUT2D eigenvalue weighted by Gasteiger charge is -2.39. The quantitative estimate of drug-likeness (QED) is 0.803. The molecule has 3 N–H and O–H groups in total. The Morgan fingerprint density at radius 3 is 2.58 bits per heavy atom. The minimum Gasteiger partial charge on any atom is -0.390 e. The van der Waals surface area contributed by atoms with Crippen molar-refractivity contribution in [1.82, 2.24) is 19.9 Å². The van der Waals surface area contributed by atoms with Gasteiger partial charge in [-0.25, -0.2) is 9.97 Å². The van der Waals surface area contributed by atoms with Gasteiger partial charge in [0.25, 0.3) is 0 Å². The van der Waals surface area contributed by atoms with Crippen molar-refractivity contribution in [2.45, 2.75) is 19.1 Å². The van der Waals surface area contributed by atoms with Crippen LogP contribution in [0.1, 0.15) is 5.56 Å². The summed E-state index contributed by atoms with van der Waals surface area (Å²) in [5.74, 6) is 2.11. The summed E-state index contributed by atoms with van der Waals surface area (Å²) in [6.45, 7) is 6.77. The summed E-state index contributed by atoms with van der Waals surface area (Å²) in [7, 11) is 0. The molecule has 0 bridgehead atoms. The Hall–Kier alpha value is -2.45. The first kappa shape index (κ1) is 17.0. The number of hydrogen-bond donors (Lipinski definition) is 2. The molecule has 8 heteroatoms. The molecule has 0 unspecified atom stereocenters. The van der Waals surface area contributed by atoms with Gasteiger partial charge in [0.05, 0.1) is 12.1 Å². The van der Waals surface area contributed by atoms with Crippen LogP contribution in [0, 0.1) is 6.92 Å². The first-order valence-electron chi connectivity index (χ1n) is 9.04. The Kier molecular flexibility index (Phi) is 4.60. The molecule has 138 valence electrons. The molecule has 2 aliphatic heterocycles. The monoisotopic (exact) mass is 355 g/mol. The molecule has 0 amide bonds. The highest BCUT2D eigenvalue weighted by Gasteiger charge is 2.38. The molecular weight excluding hydrogens is 330 g/mol. The number of hydrogen-bond acceptors (Lipinski definition) is 8. The molecule has 26 heavy (non-hydrogen) atoms. The Balaban J connectivity index is 1.39. The number of β-amino-alcohol motifs (C(OH)–C–C–N with tert-alkyl or cyclic N) is 1. The number of piperazine rings is 1. The van der Waals surface area contributed by atoms with Crippen LogP contribution in [0.3, 0.4) is 0 Å². The third kappa shape index (κ3) is 3.30. The largest absolute Gasteiger partial charge is 0.390 e. The molecule has 0 spiro atoms. The van der Waals surface area contributed by atoms with E-state index in [4.69, 9.17) is 5.73 Å². The molecule has 0 aromatic carbocycles. The normalized spacial score (nSPS) is 24.2. The van der Waals surface area contributed by atoms with Gasteiger partial charge in [0.15, 0.2) is 0 Å². The molecule has 8 nitrogen and oxygen atoms in total. The summed E-state index contributed by atoms with van der Waals surface area (Å²) in [4.78, 5) is 19.8. The molecule has 2 aromatic heterocycles. The summed E-state index contributed by atoms with van der Waals surface area (Å²) in [5, 5.41) is 10.6. The first-order chi connectivity index (χ1) is 12.6. The zero-order chi connectivity index (χ0) is 18.1. The number of anilines is 3. The van der Waals surface area contributed by atoms with E-state index < -0.39 is 6.10 Å². The van der Waals surface area contributed by atoms with E-state index in [1.165, 1.54) is 0 Å². The minimum absolute atomic E-state index is 0.0898. The van der Waals surface area contributed by atoms with Gasteiger partial charge in [0.2, 0.25) is 5.95 Å². The molecule has 2 aliphatic rings. The zero-order valence-corrected chi connectivity index (χ0v) is 15.0. The van der Waals surface area contributed by atoms with E-state index in [9.17, 15) is 5.11 Å². The van der Waals surface area contributed by atoms with Crippen molar-refractivity contribution in [2.24, 2.45) is 0 Å². The molecule has 0 radical (unpaired) electrons. The van der Waals surface area contributed by atoms with Gasteiger partial charge in [-0.2, -0.15) is 4.98 Å². The number of aliphatic hydroxyl groups is 1. The predicted octanol–water partition coefficient (Wildman–Crippen LogP) is 0.134. The van der Waals surface area contributed by atoms with E-state index in [0.29, 0.717) is 24.9 Å². The standard InChI is InChI=1S/C18H25N7O/c1-13-10-21-18(22-17(13)19)25-11-14(15(26)12-25)23-6-8-24(9-7-23)16-4-2-3-5-20-16/h2-5,10,14-15,26H,6-9,11-12H2,1H3,(H2,19,21,22)/t14-,15-/m0/s1. The molecule has 2 saturated heterocycles. The van der Waals surface area contributed by atoms with E-state index >= 15 is 0 Å². The Labute approximate surface area is 153 Å². The molecule has 4 heterocycles. The van der Waals surface area contributed by atoms with Crippen LogP contribution in [0.2, 0.25) is 0 Å². The van der Waals surface area contributed by atoms with E-state index in [0.717, 1.165) is 37.6 Å². The van der Waals surface area contributed by atoms with Gasteiger partial charge in [-0.1, -0.05) is 6.07 Å². The average Bonchev–Trinajstić information content (AvgIpc) is 3.06. The smallest absolute Gasteiger partial charge is 0.227 e. The van der Waals surface area contributed by atoms with Crippen molar-refractivity contribution in [3.05, 3.63) is 36.2 Å². The molecule has 0 saturated carbocycles. The number of nitrogen functional groups attached to an aromatic ring is 1. The summed E-state index contributed by atoms with van der Waals surface area (Å²) in [6.07, 6.45) is 3.15. The highest BCUT2D eigenvalue weighted by atomic mass is 16.3. The number of rotatable bonds is 3. The number of aliphatic hydroxyl groups excluding tert-OH is 1. The topological polar surface area (TPSA) is 94.6 Å². The molecule has 4 rings (SSSR count). The summed E-state index contributed by atoms with van der Waals surface area (Å²) in [6, 6.07) is 6.08. The summed E-state index contributed by atoms with van der Waals surface area (Å²) >= 11 is 0. The SMILES string of the molecule is Cc1cnc(N2C[C@H](O)[C@@H](N3CCN(c4ccccn4)CC3)C2)nc1N. The van der Waals surface area contributed by atoms with Crippen LogP contribution >= 0.6 is 0 Å². The number of pyridine rings is 1. The fourth-order valence-electron chi connectivity index (χ4n) is 3.71. The number of aromatic nitrogens is 3. The minimum atomic E-state index is -0.414. The highest BCUT2D eigenvalue weighted by Crippen LogP contribution is 2.23. The van der Waals surface area contributed by atoms with Crippen LogP contribution < -0.4 is 15.5 Å². The van der Waals surface area contributed by atoms with Gasteiger partial charge in [-0.3, -0.25) is 4.90 Å². The van der Waals surface area contributed by atoms with Gasteiger partial charge in [-0.05, 0) is 19.1 Å². The first-order valence-corrected chi connectivity index (χ1v) is 9.04. The summed E-state index contributed by atoms with van der Waals surface area (Å²) in [5.41, 5.74) is 6.78. The van der Waals surface area contributed by atoms with Crippen LogP contribution in [0.5, 0.6) is 0 Å². The average molecular weight is 355 g/mol. The van der Waals surface area contributed by atoms with Gasteiger partial charge in [0.1, 0.15) is 11.6 Å². The van der Waals surface area contributed by atoms with Gasteiger partial charge < -0.3 is 20.6 Å². The van der Waals surface area contributed by atoms with E-state index in [2.05, 4.69) is 24.8 Å². The summed E-state index contributed by atoms with van der Waals surface area (Å²) < 4.78 is 0. The van der Waals surface area contributed by atoms with Crippen molar-refractivity contribution in [3.8, 4) is 0 Å². The fourth-order valence-corrected chi connectivity index (χ4v) is 3.71. The second-order valence-corrected chi connectivity index (χ2v) is 6.99. The van der Waals surface area contributed by atoms with E-state index in [-0.39, 0.29) is 6.04 Å². The lowest BCUT2D eigenvalue weighted by Crippen LogP contribution is -2.54. The molecule has 2 fully saturated rings. The van der Waals surface area contributed by atoms with E-state index in [1.807, 2.05) is 36.2 Å². The third-order valence-corrected chi connectivity index (χ3v) is 5.30. The van der Waals surface area contributed by atoms with Crippen molar-refractivity contribution in [3.63, 3.8) is 0 Å². The Morgan fingerprint density at radius 1 is 1.08 bits per heavy atom. The number of nitrogens with zero attached hydrogens (tertiary/aromatic N) is 6. The van der Waals surface area contributed by atoms with Crippen molar-refractivity contribution < 1.29 is 5.11 Å². The lowest BCUT2D eigenvalue weighted by atomic mass is 10.1. The van der Waals surface area contributed by atoms with Gasteiger partial charge >= 0.3 is 0 Å². The van der Waals surface area contributed by atoms with Crippen molar-refractivity contribution >= 4 is 17.6 Å². The zero-order valence-electron chi connectivity index (χ0n) is 15.0. The van der Waals surface area contributed by atoms with Crippen LogP contribution in [-0.4, -0.2) is 76.4 Å². The molecule has 0 aliphatic carbocycles. The predicted molar refractivity (Wildman–Crippen MR) is 101 cm³/mol. The molecule has 2 atom stereocenters. The second kappa shape index (κ2) is 7.05.